The van der Waals surface area contributed by atoms with Crippen LogP contribution < -0.4 is 14.2 Å². The van der Waals surface area contributed by atoms with Gasteiger partial charge < -0.3 is 14.2 Å². The number of fused-ring (bicyclic) bond motifs is 1. The van der Waals surface area contributed by atoms with E-state index in [0.717, 1.165) is 11.1 Å². The number of ketones is 1. The number of methoxy groups -OCH3 is 3. The van der Waals surface area contributed by atoms with Gasteiger partial charge in [0.2, 0.25) is 5.75 Å². The first-order valence-electron chi connectivity index (χ1n) is 11.0. The van der Waals surface area contributed by atoms with Crippen molar-refractivity contribution in [1.29, 1.82) is 0 Å². The van der Waals surface area contributed by atoms with E-state index in [1.54, 1.807) is 30.4 Å². The normalized spacial score (nSPS) is 11.0. The molecule has 0 amide bonds. The van der Waals surface area contributed by atoms with Crippen LogP contribution in [0, 0.1) is 10.1 Å². The molecule has 0 atom stereocenters. The van der Waals surface area contributed by atoms with Crippen LogP contribution in [0.2, 0.25) is 0 Å². The van der Waals surface area contributed by atoms with Gasteiger partial charge >= 0.3 is 0 Å². The molecule has 4 rings (SSSR count). The summed E-state index contributed by atoms with van der Waals surface area (Å²) in [6.07, 6.45) is 3.54. The fraction of sp³-hybridized carbons (Fsp3) is 0.143. The van der Waals surface area contributed by atoms with Crippen molar-refractivity contribution in [3.8, 4) is 28.4 Å². The van der Waals surface area contributed by atoms with Crippen LogP contribution in [-0.2, 0) is 0 Å². The Kier molecular flexibility index (Phi) is 6.96. The summed E-state index contributed by atoms with van der Waals surface area (Å²) in [5.74, 6) is 1.25. The fourth-order valence-electron chi connectivity index (χ4n) is 4.14. The zero-order chi connectivity index (χ0) is 25.8. The van der Waals surface area contributed by atoms with E-state index in [-0.39, 0.29) is 11.5 Å². The predicted molar refractivity (Wildman–Crippen MR) is 139 cm³/mol. The lowest BCUT2D eigenvalue weighted by atomic mass is 9.91. The molecule has 0 N–H and O–H groups in total. The lowest BCUT2D eigenvalue weighted by molar-refractivity contribution is -0.384. The Morgan fingerprint density at radius 3 is 2.14 bits per heavy atom. The highest BCUT2D eigenvalue weighted by atomic mass is 16.6. The van der Waals surface area contributed by atoms with E-state index in [9.17, 15) is 14.9 Å². The molecule has 1 heterocycles. The monoisotopic (exact) mass is 484 g/mol. The van der Waals surface area contributed by atoms with Gasteiger partial charge in [0.1, 0.15) is 0 Å². The molecule has 0 aliphatic heterocycles. The number of carbonyl (C=O) groups excluding carboxylic acids is 1. The second-order valence-corrected chi connectivity index (χ2v) is 7.92. The third-order valence-corrected chi connectivity index (χ3v) is 5.74. The molecule has 0 saturated heterocycles. The van der Waals surface area contributed by atoms with E-state index in [1.165, 1.54) is 40.4 Å². The van der Waals surface area contributed by atoms with E-state index >= 15 is 0 Å². The maximum Gasteiger partial charge on any atom is 0.270 e. The molecule has 0 fully saturated rings. The summed E-state index contributed by atoms with van der Waals surface area (Å²) in [7, 11) is 4.60. The third-order valence-electron chi connectivity index (χ3n) is 5.74. The van der Waals surface area contributed by atoms with Crippen molar-refractivity contribution in [1.82, 2.24) is 4.98 Å². The second-order valence-electron chi connectivity index (χ2n) is 7.92. The minimum Gasteiger partial charge on any atom is -0.493 e. The molecule has 8 heteroatoms. The first-order chi connectivity index (χ1) is 17.4. The van der Waals surface area contributed by atoms with Gasteiger partial charge in [0.15, 0.2) is 17.3 Å². The highest BCUT2D eigenvalue weighted by Crippen LogP contribution is 2.39. The minimum absolute atomic E-state index is 0.0725. The molecule has 3 aromatic carbocycles. The van der Waals surface area contributed by atoms with Gasteiger partial charge in [-0.2, -0.15) is 0 Å². The number of carbonyl (C=O) groups is 1. The van der Waals surface area contributed by atoms with E-state index < -0.39 is 4.92 Å². The summed E-state index contributed by atoms with van der Waals surface area (Å²) in [6, 6.07) is 17.4. The van der Waals surface area contributed by atoms with E-state index in [4.69, 9.17) is 19.2 Å². The maximum absolute atomic E-state index is 13.0. The number of nitro benzene ring substituents is 1. The number of nitro groups is 1. The number of benzene rings is 3. The molecule has 36 heavy (non-hydrogen) atoms. The zero-order valence-electron chi connectivity index (χ0n) is 20.3. The van der Waals surface area contributed by atoms with Crippen LogP contribution in [0.3, 0.4) is 0 Å². The molecular formula is C28H24N2O6. The van der Waals surface area contributed by atoms with Crippen LogP contribution >= 0.6 is 0 Å². The van der Waals surface area contributed by atoms with Gasteiger partial charge in [0.25, 0.3) is 5.69 Å². The SMILES string of the molecule is COc1cc(/C=C/c2nc3ccc([N+](=O)[O-])cc3c(-c3ccccc3)c2C(C)=O)cc(OC)c1OC. The first-order valence-corrected chi connectivity index (χ1v) is 11.0. The molecule has 182 valence electrons. The number of Topliss-reactive ketones (excluding diaryl/α,β-unsaturated/α-hetero) is 1. The average Bonchev–Trinajstić information content (AvgIpc) is 2.90. The third kappa shape index (κ3) is 4.61. The molecule has 0 aliphatic rings. The lowest BCUT2D eigenvalue weighted by Crippen LogP contribution is -2.04. The van der Waals surface area contributed by atoms with Gasteiger partial charge in [-0.3, -0.25) is 14.9 Å². The van der Waals surface area contributed by atoms with Gasteiger partial charge in [0.05, 0.1) is 43.0 Å². The Morgan fingerprint density at radius 2 is 1.58 bits per heavy atom. The van der Waals surface area contributed by atoms with Crippen LogP contribution in [0.15, 0.2) is 60.7 Å². The van der Waals surface area contributed by atoms with Gasteiger partial charge in [-0.25, -0.2) is 4.98 Å². The van der Waals surface area contributed by atoms with Crippen molar-refractivity contribution in [2.75, 3.05) is 21.3 Å². The fourth-order valence-corrected chi connectivity index (χ4v) is 4.14. The highest BCUT2D eigenvalue weighted by molar-refractivity contribution is 6.11. The maximum atomic E-state index is 13.0. The van der Waals surface area contributed by atoms with Crippen molar-refractivity contribution in [2.24, 2.45) is 0 Å². The van der Waals surface area contributed by atoms with Crippen molar-refractivity contribution in [3.05, 3.63) is 87.6 Å². The smallest absolute Gasteiger partial charge is 0.270 e. The number of pyridine rings is 1. The van der Waals surface area contributed by atoms with Crippen LogP contribution in [0.5, 0.6) is 17.2 Å². The van der Waals surface area contributed by atoms with Crippen LogP contribution in [0.4, 0.5) is 5.69 Å². The highest BCUT2D eigenvalue weighted by Gasteiger charge is 2.21. The Bertz CT molecular complexity index is 1470. The summed E-state index contributed by atoms with van der Waals surface area (Å²) < 4.78 is 16.3. The quantitative estimate of drug-likeness (QED) is 0.166. The summed E-state index contributed by atoms with van der Waals surface area (Å²) in [5.41, 5.74) is 3.38. The van der Waals surface area contributed by atoms with Crippen molar-refractivity contribution < 1.29 is 23.9 Å². The minimum atomic E-state index is -0.458. The van der Waals surface area contributed by atoms with Gasteiger partial charge in [-0.1, -0.05) is 36.4 Å². The topological polar surface area (TPSA) is 101 Å². The first kappa shape index (κ1) is 24.4. The summed E-state index contributed by atoms with van der Waals surface area (Å²) in [4.78, 5) is 28.7. The second kappa shape index (κ2) is 10.3. The Hall–Kier alpha value is -4.72. The number of nitrogens with zero attached hydrogens (tertiary/aromatic N) is 2. The van der Waals surface area contributed by atoms with Gasteiger partial charge in [-0.15, -0.1) is 0 Å². The van der Waals surface area contributed by atoms with Gasteiger partial charge in [0, 0.05) is 23.1 Å². The van der Waals surface area contributed by atoms with Crippen LogP contribution in [0.1, 0.15) is 28.5 Å². The summed E-state index contributed by atoms with van der Waals surface area (Å²) in [6.45, 7) is 1.46. The van der Waals surface area contributed by atoms with E-state index in [2.05, 4.69) is 0 Å². The van der Waals surface area contributed by atoms with E-state index in [0.29, 0.717) is 45.0 Å². The molecule has 0 aliphatic carbocycles. The lowest BCUT2D eigenvalue weighted by Gasteiger charge is -2.15. The summed E-state index contributed by atoms with van der Waals surface area (Å²) in [5, 5.41) is 12.0. The molecule has 4 aromatic rings. The van der Waals surface area contributed by atoms with Crippen molar-refractivity contribution >= 4 is 34.5 Å². The number of hydrogen-bond donors (Lipinski definition) is 0. The largest absolute Gasteiger partial charge is 0.493 e. The predicted octanol–water partition coefficient (Wildman–Crippen LogP) is 6.21. The number of rotatable bonds is 8. The van der Waals surface area contributed by atoms with Gasteiger partial charge in [-0.05, 0) is 42.3 Å². The van der Waals surface area contributed by atoms with Crippen molar-refractivity contribution in [3.63, 3.8) is 0 Å². The van der Waals surface area contributed by atoms with Crippen molar-refractivity contribution in [2.45, 2.75) is 6.92 Å². The Balaban J connectivity index is 1.98. The number of hydrogen-bond acceptors (Lipinski definition) is 7. The number of ether oxygens (including phenoxy) is 3. The number of non-ortho nitro benzene ring substituents is 1. The molecule has 0 spiro atoms. The van der Waals surface area contributed by atoms with Crippen LogP contribution in [-0.4, -0.2) is 37.0 Å². The molecule has 0 bridgehead atoms. The number of aromatic nitrogens is 1. The molecule has 0 unspecified atom stereocenters. The van der Waals surface area contributed by atoms with E-state index in [1.807, 2.05) is 30.3 Å². The average molecular weight is 485 g/mol. The molecule has 1 aromatic heterocycles. The standard InChI is InChI=1S/C28H24N2O6/c1-17(31)26-23(12-10-18-14-24(34-2)28(36-4)25(15-18)35-3)29-22-13-11-20(30(32)33)16-21(22)27(26)19-8-6-5-7-9-19/h5-16H,1-4H3/b12-10+. The molecule has 0 radical (unpaired) electrons. The molecular weight excluding hydrogens is 460 g/mol. The molecule has 8 nitrogen and oxygen atoms in total. The molecule has 0 saturated carbocycles. The Labute approximate surface area is 207 Å². The van der Waals surface area contributed by atoms with Crippen LogP contribution in [0.25, 0.3) is 34.2 Å². The Morgan fingerprint density at radius 1 is 0.917 bits per heavy atom. The summed E-state index contributed by atoms with van der Waals surface area (Å²) >= 11 is 0. The zero-order valence-corrected chi connectivity index (χ0v) is 20.3.